The molecule has 1 aliphatic rings. The van der Waals surface area contributed by atoms with E-state index >= 15 is 0 Å². The Bertz CT molecular complexity index is 371. The van der Waals surface area contributed by atoms with Gasteiger partial charge in [-0.25, -0.2) is 0 Å². The predicted molar refractivity (Wildman–Crippen MR) is 72.9 cm³/mol. The molecule has 0 radical (unpaired) electrons. The lowest BCUT2D eigenvalue weighted by Crippen LogP contribution is -2.55. The van der Waals surface area contributed by atoms with Gasteiger partial charge >= 0.3 is 0 Å². The summed E-state index contributed by atoms with van der Waals surface area (Å²) >= 11 is 0. The van der Waals surface area contributed by atoms with Crippen LogP contribution in [0.5, 0.6) is 0 Å². The highest BCUT2D eigenvalue weighted by molar-refractivity contribution is 5.89. The molecular weight excluding hydrogens is 262 g/mol. The Hall–Kier alpha value is -1.63. The molecule has 7 heteroatoms. The third-order valence-corrected chi connectivity index (χ3v) is 3.09. The summed E-state index contributed by atoms with van der Waals surface area (Å²) in [5.41, 5.74) is 0. The highest BCUT2D eigenvalue weighted by Crippen LogP contribution is 2.07. The lowest BCUT2D eigenvalue weighted by atomic mass is 10.1. The number of hydrogen-bond donors (Lipinski definition) is 1. The minimum absolute atomic E-state index is 0.0254. The van der Waals surface area contributed by atoms with Crippen molar-refractivity contribution in [1.82, 2.24) is 15.1 Å². The molecule has 1 N–H and O–H groups in total. The van der Waals surface area contributed by atoms with Gasteiger partial charge in [-0.05, 0) is 0 Å². The summed E-state index contributed by atoms with van der Waals surface area (Å²) in [6.07, 6.45) is 0. The summed E-state index contributed by atoms with van der Waals surface area (Å²) < 4.78 is 4.83. The van der Waals surface area contributed by atoms with Crippen LogP contribution in [0.25, 0.3) is 0 Å². The van der Waals surface area contributed by atoms with E-state index in [1.54, 1.807) is 12.0 Å². The second-order valence-corrected chi connectivity index (χ2v) is 5.07. The number of piperazine rings is 1. The Labute approximate surface area is 119 Å². The molecule has 0 atom stereocenters. The van der Waals surface area contributed by atoms with Crippen molar-refractivity contribution >= 4 is 17.7 Å². The molecule has 1 fully saturated rings. The molecule has 7 nitrogen and oxygen atoms in total. The first-order valence-corrected chi connectivity index (χ1v) is 6.78. The second-order valence-electron chi connectivity index (χ2n) is 5.07. The zero-order valence-corrected chi connectivity index (χ0v) is 12.3. The lowest BCUT2D eigenvalue weighted by molar-refractivity contribution is -0.148. The maximum Gasteiger partial charge on any atom is 0.242 e. The van der Waals surface area contributed by atoms with Crippen LogP contribution >= 0.6 is 0 Å². The van der Waals surface area contributed by atoms with Crippen LogP contribution in [0.4, 0.5) is 0 Å². The van der Waals surface area contributed by atoms with Crippen LogP contribution < -0.4 is 5.32 Å². The van der Waals surface area contributed by atoms with E-state index < -0.39 is 0 Å². The van der Waals surface area contributed by atoms with Gasteiger partial charge < -0.3 is 19.9 Å². The standard InChI is InChI=1S/C13H23N3O4/c1-10(2)13(19)16-6-5-15(12(18)9-16)8-11(17)14-4-7-20-3/h10H,4-9H2,1-3H3,(H,14,17). The van der Waals surface area contributed by atoms with E-state index in [-0.39, 0.29) is 36.7 Å². The monoisotopic (exact) mass is 285 g/mol. The van der Waals surface area contributed by atoms with E-state index in [0.29, 0.717) is 26.2 Å². The minimum Gasteiger partial charge on any atom is -0.383 e. The van der Waals surface area contributed by atoms with Gasteiger partial charge in [0.15, 0.2) is 0 Å². The highest BCUT2D eigenvalue weighted by Gasteiger charge is 2.28. The lowest BCUT2D eigenvalue weighted by Gasteiger charge is -2.34. The summed E-state index contributed by atoms with van der Waals surface area (Å²) in [4.78, 5) is 38.4. The van der Waals surface area contributed by atoms with Crippen molar-refractivity contribution in [3.05, 3.63) is 0 Å². The topological polar surface area (TPSA) is 79.0 Å². The van der Waals surface area contributed by atoms with Crippen LogP contribution in [0.2, 0.25) is 0 Å². The molecule has 0 aromatic rings. The number of ether oxygens (including phenoxy) is 1. The van der Waals surface area contributed by atoms with Gasteiger partial charge in [0, 0.05) is 32.7 Å². The first kappa shape index (κ1) is 16.4. The number of nitrogens with zero attached hydrogens (tertiary/aromatic N) is 2. The normalized spacial score (nSPS) is 15.7. The average molecular weight is 285 g/mol. The van der Waals surface area contributed by atoms with Crippen molar-refractivity contribution in [1.29, 1.82) is 0 Å². The molecule has 20 heavy (non-hydrogen) atoms. The van der Waals surface area contributed by atoms with Crippen LogP contribution in [0.3, 0.4) is 0 Å². The molecule has 0 spiro atoms. The number of carbonyl (C=O) groups is 3. The van der Waals surface area contributed by atoms with Crippen LogP contribution in [-0.4, -0.2) is 74.0 Å². The van der Waals surface area contributed by atoms with Gasteiger partial charge in [-0.1, -0.05) is 13.8 Å². The fourth-order valence-electron chi connectivity index (χ4n) is 1.95. The Morgan fingerprint density at radius 2 is 2.05 bits per heavy atom. The smallest absolute Gasteiger partial charge is 0.242 e. The Balaban J connectivity index is 2.39. The SMILES string of the molecule is COCCNC(=O)CN1CCN(C(=O)C(C)C)CC1=O. The molecular formula is C13H23N3O4. The summed E-state index contributed by atoms with van der Waals surface area (Å²) in [6, 6.07) is 0. The van der Waals surface area contributed by atoms with Crippen LogP contribution in [-0.2, 0) is 19.1 Å². The molecule has 114 valence electrons. The third-order valence-electron chi connectivity index (χ3n) is 3.09. The van der Waals surface area contributed by atoms with E-state index in [2.05, 4.69) is 5.32 Å². The summed E-state index contributed by atoms with van der Waals surface area (Å²) in [7, 11) is 1.56. The van der Waals surface area contributed by atoms with Crippen molar-refractivity contribution in [3.8, 4) is 0 Å². The molecule has 0 bridgehead atoms. The first-order chi connectivity index (χ1) is 9.45. The van der Waals surface area contributed by atoms with E-state index in [0.717, 1.165) is 0 Å². The predicted octanol–water partition coefficient (Wildman–Crippen LogP) is -0.924. The molecule has 3 amide bonds. The highest BCUT2D eigenvalue weighted by atomic mass is 16.5. The van der Waals surface area contributed by atoms with Gasteiger partial charge in [0.2, 0.25) is 17.7 Å². The zero-order chi connectivity index (χ0) is 15.1. The van der Waals surface area contributed by atoms with Gasteiger partial charge in [-0.3, -0.25) is 14.4 Å². The van der Waals surface area contributed by atoms with Gasteiger partial charge in [0.05, 0.1) is 19.7 Å². The molecule has 0 aliphatic carbocycles. The fraction of sp³-hybridized carbons (Fsp3) is 0.769. The molecule has 1 aliphatic heterocycles. The summed E-state index contributed by atoms with van der Waals surface area (Å²) in [5, 5.41) is 2.67. The summed E-state index contributed by atoms with van der Waals surface area (Å²) in [5.74, 6) is -0.541. The Morgan fingerprint density at radius 1 is 1.35 bits per heavy atom. The number of rotatable bonds is 6. The number of amides is 3. The molecule has 0 saturated carbocycles. The van der Waals surface area contributed by atoms with Crippen LogP contribution in [0, 0.1) is 5.92 Å². The minimum atomic E-state index is -0.209. The number of hydrogen-bond acceptors (Lipinski definition) is 4. The van der Waals surface area contributed by atoms with E-state index in [1.807, 2.05) is 13.8 Å². The Morgan fingerprint density at radius 3 is 2.60 bits per heavy atom. The molecule has 0 aromatic heterocycles. The second kappa shape index (κ2) is 7.84. The number of carbonyl (C=O) groups excluding carboxylic acids is 3. The fourth-order valence-corrected chi connectivity index (χ4v) is 1.95. The molecule has 0 unspecified atom stereocenters. The molecule has 1 rings (SSSR count). The van der Waals surface area contributed by atoms with Crippen molar-refractivity contribution in [2.24, 2.45) is 5.92 Å². The van der Waals surface area contributed by atoms with E-state index in [9.17, 15) is 14.4 Å². The van der Waals surface area contributed by atoms with Gasteiger partial charge in [-0.2, -0.15) is 0 Å². The van der Waals surface area contributed by atoms with Crippen LogP contribution in [0.1, 0.15) is 13.8 Å². The maximum atomic E-state index is 11.9. The van der Waals surface area contributed by atoms with Crippen molar-refractivity contribution in [3.63, 3.8) is 0 Å². The van der Waals surface area contributed by atoms with E-state index in [4.69, 9.17) is 4.74 Å². The molecule has 1 heterocycles. The quantitative estimate of drug-likeness (QED) is 0.640. The number of nitrogens with one attached hydrogen (secondary N) is 1. The average Bonchev–Trinajstić information content (AvgIpc) is 2.40. The van der Waals surface area contributed by atoms with Crippen molar-refractivity contribution < 1.29 is 19.1 Å². The number of methoxy groups -OCH3 is 1. The van der Waals surface area contributed by atoms with Gasteiger partial charge in [-0.15, -0.1) is 0 Å². The van der Waals surface area contributed by atoms with Crippen molar-refractivity contribution in [2.75, 3.05) is 46.4 Å². The Kier molecular flexibility index (Phi) is 6.44. The van der Waals surface area contributed by atoms with Gasteiger partial charge in [0.25, 0.3) is 0 Å². The maximum absolute atomic E-state index is 11.9. The molecule has 1 saturated heterocycles. The first-order valence-electron chi connectivity index (χ1n) is 6.78. The van der Waals surface area contributed by atoms with Gasteiger partial charge in [0.1, 0.15) is 0 Å². The molecule has 0 aromatic carbocycles. The summed E-state index contributed by atoms with van der Waals surface area (Å²) in [6.45, 7) is 5.45. The third kappa shape index (κ3) is 4.80. The van der Waals surface area contributed by atoms with Crippen LogP contribution in [0.15, 0.2) is 0 Å². The largest absolute Gasteiger partial charge is 0.383 e. The zero-order valence-electron chi connectivity index (χ0n) is 12.3. The van der Waals surface area contributed by atoms with E-state index in [1.165, 1.54) is 4.90 Å². The van der Waals surface area contributed by atoms with Crippen molar-refractivity contribution in [2.45, 2.75) is 13.8 Å².